The first kappa shape index (κ1) is 20.2. The summed E-state index contributed by atoms with van der Waals surface area (Å²) in [5.74, 6) is -0.884. The molecule has 3 aliphatic carbocycles. The number of ether oxygens (including phenoxy) is 1. The Hall–Kier alpha value is -3.11. The van der Waals surface area contributed by atoms with Gasteiger partial charge in [0, 0.05) is 22.7 Å². The van der Waals surface area contributed by atoms with Crippen LogP contribution >= 0.6 is 11.6 Å². The number of nitrogens with zero attached hydrogens (tertiary/aromatic N) is 1. The van der Waals surface area contributed by atoms with E-state index in [1.54, 1.807) is 24.3 Å². The van der Waals surface area contributed by atoms with E-state index in [2.05, 4.69) is 16.7 Å². The maximum Gasteiger partial charge on any atom is 0.258 e. The Morgan fingerprint density at radius 3 is 2.53 bits per heavy atom. The van der Waals surface area contributed by atoms with Crippen molar-refractivity contribution in [3.05, 3.63) is 64.4 Å². The van der Waals surface area contributed by atoms with Gasteiger partial charge < -0.3 is 15.4 Å². The fourth-order valence-corrected chi connectivity index (χ4v) is 4.51. The molecule has 3 saturated carbocycles. The third-order valence-electron chi connectivity index (χ3n) is 5.61. The lowest BCUT2D eigenvalue weighted by Gasteiger charge is -2.70. The molecule has 0 atom stereocenters. The lowest BCUT2D eigenvalue weighted by atomic mass is 9.44. The van der Waals surface area contributed by atoms with Gasteiger partial charge in [0.05, 0.1) is 17.5 Å². The summed E-state index contributed by atoms with van der Waals surface area (Å²) in [6.45, 7) is -0.232. The number of benzene rings is 2. The quantitative estimate of drug-likeness (QED) is 0.710. The highest BCUT2D eigenvalue weighted by molar-refractivity contribution is 6.30. The number of nitriles is 1. The van der Waals surface area contributed by atoms with E-state index < -0.39 is 5.82 Å². The first-order chi connectivity index (χ1) is 14.3. The van der Waals surface area contributed by atoms with Crippen molar-refractivity contribution in [1.82, 2.24) is 10.6 Å². The average molecular weight is 428 g/mol. The molecule has 2 aromatic rings. The number of hydrogen-bond acceptors (Lipinski definition) is 4. The van der Waals surface area contributed by atoms with Gasteiger partial charge in [-0.3, -0.25) is 9.59 Å². The van der Waals surface area contributed by atoms with Crippen molar-refractivity contribution in [2.45, 2.75) is 36.8 Å². The van der Waals surface area contributed by atoms with Crippen LogP contribution in [0.5, 0.6) is 5.75 Å². The Morgan fingerprint density at radius 2 is 1.83 bits per heavy atom. The summed E-state index contributed by atoms with van der Waals surface area (Å²) in [4.78, 5) is 24.8. The van der Waals surface area contributed by atoms with Crippen molar-refractivity contribution in [2.24, 2.45) is 0 Å². The minimum Gasteiger partial charge on any atom is -0.484 e. The monoisotopic (exact) mass is 427 g/mol. The molecule has 2 amide bonds. The molecule has 30 heavy (non-hydrogen) atoms. The van der Waals surface area contributed by atoms with E-state index in [0.717, 1.165) is 6.07 Å². The van der Waals surface area contributed by atoms with Gasteiger partial charge in [-0.05, 0) is 43.0 Å². The van der Waals surface area contributed by atoms with Gasteiger partial charge >= 0.3 is 0 Å². The highest BCUT2D eigenvalue weighted by Gasteiger charge is 2.69. The number of carbonyl (C=O) groups is 2. The van der Waals surface area contributed by atoms with Gasteiger partial charge in [-0.2, -0.15) is 5.26 Å². The van der Waals surface area contributed by atoms with Gasteiger partial charge in [0.1, 0.15) is 11.6 Å². The van der Waals surface area contributed by atoms with E-state index >= 15 is 0 Å². The number of hydrogen-bond donors (Lipinski definition) is 2. The van der Waals surface area contributed by atoms with E-state index in [1.165, 1.54) is 12.1 Å². The smallest absolute Gasteiger partial charge is 0.258 e. The highest BCUT2D eigenvalue weighted by Crippen LogP contribution is 2.60. The third kappa shape index (κ3) is 3.83. The SMILES string of the molecule is N#CCc1ccccc1C(=O)NC12CC(NC(=O)COc3ccc(Cl)c(F)c3)(C1)C2. The van der Waals surface area contributed by atoms with Crippen molar-refractivity contribution < 1.29 is 18.7 Å². The Kier molecular flexibility index (Phi) is 5.12. The van der Waals surface area contributed by atoms with Gasteiger partial charge in [0.2, 0.25) is 0 Å². The lowest BCUT2D eigenvalue weighted by molar-refractivity contribution is -0.141. The molecule has 0 aliphatic heterocycles. The standard InChI is InChI=1S/C22H19ClFN3O3/c23-17-6-5-15(9-18(17)24)30-10-19(28)26-21-11-22(12-21,13-21)27-20(29)16-4-2-1-3-14(16)7-8-25/h1-6,9H,7,10-13H2,(H,26,28)(H,27,29). The van der Waals surface area contributed by atoms with Crippen LogP contribution in [0.1, 0.15) is 35.2 Å². The van der Waals surface area contributed by atoms with Crippen LogP contribution in [0.25, 0.3) is 0 Å². The first-order valence-electron chi connectivity index (χ1n) is 9.50. The maximum atomic E-state index is 13.4. The van der Waals surface area contributed by atoms with E-state index in [1.807, 2.05) is 0 Å². The molecule has 6 nitrogen and oxygen atoms in total. The van der Waals surface area contributed by atoms with Crippen LogP contribution < -0.4 is 15.4 Å². The van der Waals surface area contributed by atoms with Gasteiger partial charge in [-0.15, -0.1) is 0 Å². The van der Waals surface area contributed by atoms with Gasteiger partial charge in [-0.1, -0.05) is 29.8 Å². The van der Waals surface area contributed by atoms with E-state index in [9.17, 15) is 14.0 Å². The molecular formula is C22H19ClFN3O3. The summed E-state index contributed by atoms with van der Waals surface area (Å²) in [5, 5.41) is 14.9. The molecule has 0 spiro atoms. The predicted molar refractivity (Wildman–Crippen MR) is 108 cm³/mol. The van der Waals surface area contributed by atoms with Gasteiger partial charge in [0.25, 0.3) is 11.8 Å². The molecule has 8 heteroatoms. The number of carbonyl (C=O) groups excluding carboxylic acids is 2. The average Bonchev–Trinajstić information content (AvgIpc) is 2.67. The van der Waals surface area contributed by atoms with Crippen LogP contribution in [-0.4, -0.2) is 29.5 Å². The van der Waals surface area contributed by atoms with Crippen LogP contribution in [0.15, 0.2) is 42.5 Å². The molecule has 2 N–H and O–H groups in total. The summed E-state index contributed by atoms with van der Waals surface area (Å²) >= 11 is 5.62. The number of halogens is 2. The fourth-order valence-electron chi connectivity index (χ4n) is 4.39. The Bertz CT molecular complexity index is 1050. The molecule has 0 radical (unpaired) electrons. The zero-order valence-electron chi connectivity index (χ0n) is 16.0. The minimum atomic E-state index is -0.608. The topological polar surface area (TPSA) is 91.2 Å². The summed E-state index contributed by atoms with van der Waals surface area (Å²) < 4.78 is 18.7. The number of rotatable bonds is 7. The fraction of sp³-hybridized carbons (Fsp3) is 0.318. The van der Waals surface area contributed by atoms with Crippen molar-refractivity contribution >= 4 is 23.4 Å². The van der Waals surface area contributed by atoms with Crippen molar-refractivity contribution in [3.8, 4) is 11.8 Å². The second-order valence-corrected chi connectivity index (χ2v) is 8.36. The molecule has 154 valence electrons. The molecule has 2 aromatic carbocycles. The van der Waals surface area contributed by atoms with Crippen LogP contribution in [-0.2, 0) is 11.2 Å². The van der Waals surface area contributed by atoms with Crippen LogP contribution in [0.4, 0.5) is 4.39 Å². The highest BCUT2D eigenvalue weighted by atomic mass is 35.5. The predicted octanol–water partition coefficient (Wildman–Crippen LogP) is 3.15. The van der Waals surface area contributed by atoms with Gasteiger partial charge in [0.15, 0.2) is 6.61 Å². The molecule has 5 rings (SSSR count). The minimum absolute atomic E-state index is 0.0109. The zero-order chi connectivity index (χ0) is 21.4. The Labute approximate surface area is 178 Å². The van der Waals surface area contributed by atoms with Crippen LogP contribution in [0, 0.1) is 17.1 Å². The van der Waals surface area contributed by atoms with E-state index in [0.29, 0.717) is 30.4 Å². The Balaban J connectivity index is 1.26. The summed E-state index contributed by atoms with van der Waals surface area (Å²) in [6.07, 6.45) is 2.11. The number of amides is 2. The summed E-state index contributed by atoms with van der Waals surface area (Å²) in [6, 6.07) is 13.1. The summed E-state index contributed by atoms with van der Waals surface area (Å²) in [7, 11) is 0. The van der Waals surface area contributed by atoms with E-state index in [-0.39, 0.29) is 46.7 Å². The molecule has 3 aliphatic rings. The lowest BCUT2D eigenvalue weighted by Crippen LogP contribution is -2.84. The van der Waals surface area contributed by atoms with Crippen molar-refractivity contribution in [3.63, 3.8) is 0 Å². The number of nitrogens with one attached hydrogen (secondary N) is 2. The second kappa shape index (κ2) is 7.62. The largest absolute Gasteiger partial charge is 0.484 e. The zero-order valence-corrected chi connectivity index (χ0v) is 16.8. The molecule has 2 bridgehead atoms. The van der Waals surface area contributed by atoms with E-state index in [4.69, 9.17) is 21.6 Å². The summed E-state index contributed by atoms with van der Waals surface area (Å²) in [5.41, 5.74) is 0.559. The van der Waals surface area contributed by atoms with Crippen molar-refractivity contribution in [1.29, 1.82) is 5.26 Å². The van der Waals surface area contributed by atoms with Crippen LogP contribution in [0.2, 0.25) is 5.02 Å². The van der Waals surface area contributed by atoms with Crippen LogP contribution in [0.3, 0.4) is 0 Å². The molecule has 0 saturated heterocycles. The normalized spacial score (nSPS) is 23.4. The molecule has 0 aromatic heterocycles. The Morgan fingerprint density at radius 1 is 1.13 bits per heavy atom. The van der Waals surface area contributed by atoms with Crippen molar-refractivity contribution in [2.75, 3.05) is 6.61 Å². The maximum absolute atomic E-state index is 13.4. The molecule has 0 unspecified atom stereocenters. The second-order valence-electron chi connectivity index (χ2n) is 7.95. The first-order valence-corrected chi connectivity index (χ1v) is 9.88. The molecule has 3 fully saturated rings. The third-order valence-corrected chi connectivity index (χ3v) is 5.91. The molecular weight excluding hydrogens is 409 g/mol. The van der Waals surface area contributed by atoms with Gasteiger partial charge in [-0.25, -0.2) is 4.39 Å². The molecule has 0 heterocycles.